The van der Waals surface area contributed by atoms with Gasteiger partial charge in [-0.2, -0.15) is 4.98 Å². The maximum absolute atomic E-state index is 12.6. The molecule has 0 saturated heterocycles. The smallest absolute Gasteiger partial charge is 0.306 e. The molecule has 2 heterocycles. The van der Waals surface area contributed by atoms with Crippen LogP contribution in [0.2, 0.25) is 0 Å². The van der Waals surface area contributed by atoms with Crippen LogP contribution in [0.5, 0.6) is 0 Å². The van der Waals surface area contributed by atoms with Gasteiger partial charge in [-0.25, -0.2) is 4.99 Å². The van der Waals surface area contributed by atoms with E-state index in [1.165, 1.54) is 0 Å². The predicted molar refractivity (Wildman–Crippen MR) is 129 cm³/mol. The van der Waals surface area contributed by atoms with Crippen molar-refractivity contribution in [2.24, 2.45) is 10.9 Å². The van der Waals surface area contributed by atoms with E-state index in [4.69, 9.17) is 5.11 Å². The molecule has 2 aromatic heterocycles. The second kappa shape index (κ2) is 11.2. The molecule has 4 N–H and O–H groups in total. The van der Waals surface area contributed by atoms with Crippen LogP contribution in [0.1, 0.15) is 40.7 Å². The molecule has 35 heavy (non-hydrogen) atoms. The topological polar surface area (TPSA) is 169 Å². The minimum absolute atomic E-state index is 0.101. The molecular weight excluding hydrogens is 454 g/mol. The van der Waals surface area contributed by atoms with Crippen LogP contribution in [0.25, 0.3) is 11.0 Å². The van der Waals surface area contributed by atoms with E-state index in [-0.39, 0.29) is 36.6 Å². The van der Waals surface area contributed by atoms with Crippen LogP contribution in [0.15, 0.2) is 40.2 Å². The zero-order valence-electron chi connectivity index (χ0n) is 19.4. The number of carbonyl (C=O) groups is 3. The van der Waals surface area contributed by atoms with Crippen LogP contribution in [-0.4, -0.2) is 68.2 Å². The van der Waals surface area contributed by atoms with Crippen molar-refractivity contribution in [2.45, 2.75) is 32.1 Å². The molecule has 1 atom stereocenters. The summed E-state index contributed by atoms with van der Waals surface area (Å²) in [5.41, 5.74) is 2.28. The van der Waals surface area contributed by atoms with Crippen molar-refractivity contribution in [1.82, 2.24) is 19.9 Å². The van der Waals surface area contributed by atoms with Crippen molar-refractivity contribution in [3.05, 3.63) is 57.5 Å². The van der Waals surface area contributed by atoms with Crippen molar-refractivity contribution in [1.29, 1.82) is 0 Å². The first kappa shape index (κ1) is 25.3. The van der Waals surface area contributed by atoms with E-state index in [0.29, 0.717) is 29.4 Å². The Bertz CT molecular complexity index is 1310. The molecule has 11 heteroatoms. The lowest BCUT2D eigenvalue weighted by Gasteiger charge is -2.10. The van der Waals surface area contributed by atoms with Gasteiger partial charge < -0.3 is 20.1 Å². The Labute approximate surface area is 200 Å². The molecule has 184 valence electrons. The van der Waals surface area contributed by atoms with Gasteiger partial charge >= 0.3 is 11.9 Å². The molecule has 0 saturated carbocycles. The average Bonchev–Trinajstić information content (AvgIpc) is 3.22. The van der Waals surface area contributed by atoms with Gasteiger partial charge in [0.1, 0.15) is 5.65 Å². The Balaban J connectivity index is 1.65. The molecule has 1 aromatic carbocycles. The third-order valence-electron chi connectivity index (χ3n) is 5.47. The Morgan fingerprint density at radius 2 is 1.86 bits per heavy atom. The summed E-state index contributed by atoms with van der Waals surface area (Å²) in [6.45, 7) is 0. The van der Waals surface area contributed by atoms with Crippen molar-refractivity contribution in [3.63, 3.8) is 0 Å². The number of ketones is 1. The summed E-state index contributed by atoms with van der Waals surface area (Å²) in [4.78, 5) is 62.9. The number of rotatable bonds is 12. The van der Waals surface area contributed by atoms with Crippen LogP contribution in [-0.2, 0) is 22.4 Å². The van der Waals surface area contributed by atoms with E-state index >= 15 is 0 Å². The summed E-state index contributed by atoms with van der Waals surface area (Å²) in [6.07, 6.45) is 3.80. The first-order valence-electron chi connectivity index (χ1n) is 11.0. The van der Waals surface area contributed by atoms with Gasteiger partial charge in [-0.1, -0.05) is 24.3 Å². The summed E-state index contributed by atoms with van der Waals surface area (Å²) in [6, 6.07) is 6.83. The molecule has 3 aromatic rings. The van der Waals surface area contributed by atoms with Crippen LogP contribution in [0.4, 0.5) is 5.95 Å². The maximum atomic E-state index is 12.6. The number of hydrogen-bond acceptors (Lipinski definition) is 6. The number of fused-ring (bicyclic) bond motifs is 1. The number of nitrogens with one attached hydrogen (secondary N) is 2. The van der Waals surface area contributed by atoms with Gasteiger partial charge in [0, 0.05) is 38.7 Å². The van der Waals surface area contributed by atoms with Crippen LogP contribution < -0.4 is 5.56 Å². The molecule has 0 aliphatic heterocycles. The van der Waals surface area contributed by atoms with Crippen LogP contribution in [0, 0.1) is 5.92 Å². The molecule has 11 nitrogen and oxygen atoms in total. The van der Waals surface area contributed by atoms with Crippen molar-refractivity contribution in [2.75, 3.05) is 14.1 Å². The number of aromatic nitrogens is 3. The number of carboxylic acids is 2. The summed E-state index contributed by atoms with van der Waals surface area (Å²) >= 11 is 0. The lowest BCUT2D eigenvalue weighted by atomic mass is 9.93. The van der Waals surface area contributed by atoms with Gasteiger partial charge in [-0.15, -0.1) is 0 Å². The van der Waals surface area contributed by atoms with Crippen molar-refractivity contribution < 1.29 is 24.6 Å². The number of nitrogens with zero attached hydrogens (tertiary/aromatic N) is 3. The SMILES string of the molecule is CN(C)C=Nc1nc2[nH]cc(CCc3ccc(C(=O)CC(CCC(=O)O)C(=O)O)cc3)c2c(=O)[nH]1. The summed E-state index contributed by atoms with van der Waals surface area (Å²) < 4.78 is 0. The van der Waals surface area contributed by atoms with Crippen LogP contribution in [0.3, 0.4) is 0 Å². The van der Waals surface area contributed by atoms with E-state index in [1.807, 2.05) is 14.1 Å². The minimum Gasteiger partial charge on any atom is -0.481 e. The van der Waals surface area contributed by atoms with E-state index in [1.54, 1.807) is 41.7 Å². The number of benzene rings is 1. The molecule has 0 aliphatic carbocycles. The second-order valence-corrected chi connectivity index (χ2v) is 8.43. The fraction of sp³-hybridized carbons (Fsp3) is 0.333. The molecular formula is C24H27N5O6. The summed E-state index contributed by atoms with van der Waals surface area (Å²) in [5.74, 6) is -3.47. The lowest BCUT2D eigenvalue weighted by molar-refractivity contribution is -0.142. The normalized spacial score (nSPS) is 12.2. The molecule has 0 amide bonds. The fourth-order valence-electron chi connectivity index (χ4n) is 3.61. The largest absolute Gasteiger partial charge is 0.481 e. The Morgan fingerprint density at radius 3 is 2.49 bits per heavy atom. The zero-order chi connectivity index (χ0) is 25.5. The fourth-order valence-corrected chi connectivity index (χ4v) is 3.61. The van der Waals surface area contributed by atoms with E-state index in [9.17, 15) is 24.3 Å². The van der Waals surface area contributed by atoms with E-state index in [2.05, 4.69) is 19.9 Å². The van der Waals surface area contributed by atoms with Gasteiger partial charge in [0.15, 0.2) is 5.78 Å². The third kappa shape index (κ3) is 6.85. The molecule has 0 radical (unpaired) electrons. The number of hydrogen-bond donors (Lipinski definition) is 4. The zero-order valence-corrected chi connectivity index (χ0v) is 19.4. The number of aromatic amines is 2. The van der Waals surface area contributed by atoms with Gasteiger partial charge in [0.05, 0.1) is 17.6 Å². The lowest BCUT2D eigenvalue weighted by Crippen LogP contribution is -2.19. The average molecular weight is 482 g/mol. The number of carboxylic acid groups (broad SMARTS) is 2. The number of Topliss-reactive ketones (excluding diaryl/α,β-unsaturated/α-hetero) is 1. The summed E-state index contributed by atoms with van der Waals surface area (Å²) in [7, 11) is 3.62. The molecule has 0 fully saturated rings. The Hall–Kier alpha value is -4.28. The van der Waals surface area contributed by atoms with Crippen molar-refractivity contribution in [3.8, 4) is 0 Å². The molecule has 0 aliphatic rings. The maximum Gasteiger partial charge on any atom is 0.306 e. The monoisotopic (exact) mass is 481 g/mol. The van der Waals surface area contributed by atoms with Gasteiger partial charge in [-0.05, 0) is 30.4 Å². The van der Waals surface area contributed by atoms with Crippen molar-refractivity contribution >= 4 is 41.0 Å². The summed E-state index contributed by atoms with van der Waals surface area (Å²) in [5, 5.41) is 18.5. The highest BCUT2D eigenvalue weighted by atomic mass is 16.4. The highest BCUT2D eigenvalue weighted by Crippen LogP contribution is 2.19. The molecule has 0 spiro atoms. The number of aliphatic carboxylic acids is 2. The number of H-pyrrole nitrogens is 2. The standard InChI is InChI=1S/C24H27N5O6/c1-29(2)13-26-24-27-21-20(22(33)28-24)17(12-25-21)8-5-14-3-6-15(7-4-14)18(30)11-16(23(34)35)9-10-19(31)32/h3-4,6-7,12-13,16H,5,8-11H2,1-2H3,(H,31,32)(H,34,35)(H2,25,27,28,33). The highest BCUT2D eigenvalue weighted by molar-refractivity contribution is 5.98. The molecule has 0 bridgehead atoms. The number of carbonyl (C=O) groups excluding carboxylic acids is 1. The van der Waals surface area contributed by atoms with E-state index in [0.717, 1.165) is 11.1 Å². The van der Waals surface area contributed by atoms with E-state index < -0.39 is 17.9 Å². The van der Waals surface area contributed by atoms with Gasteiger partial charge in [0.25, 0.3) is 5.56 Å². The van der Waals surface area contributed by atoms with Gasteiger partial charge in [0.2, 0.25) is 5.95 Å². The highest BCUT2D eigenvalue weighted by Gasteiger charge is 2.23. The molecule has 3 rings (SSSR count). The third-order valence-corrected chi connectivity index (χ3v) is 5.47. The Kier molecular flexibility index (Phi) is 8.13. The minimum atomic E-state index is -1.18. The molecule has 1 unspecified atom stereocenters. The number of aliphatic imine (C=N–C) groups is 1. The number of aryl methyl sites for hydroxylation is 2. The Morgan fingerprint density at radius 1 is 1.14 bits per heavy atom. The second-order valence-electron chi connectivity index (χ2n) is 8.43. The predicted octanol–water partition coefficient (Wildman–Crippen LogP) is 2.40. The first-order valence-corrected chi connectivity index (χ1v) is 11.0. The quantitative estimate of drug-likeness (QED) is 0.174. The van der Waals surface area contributed by atoms with Gasteiger partial charge in [-0.3, -0.25) is 24.2 Å². The van der Waals surface area contributed by atoms with Crippen LogP contribution >= 0.6 is 0 Å². The first-order chi connectivity index (χ1) is 16.6.